The Morgan fingerprint density at radius 3 is 2.81 bits per heavy atom. The summed E-state index contributed by atoms with van der Waals surface area (Å²) in [4.78, 5) is 2.47. The number of nitrogens with one attached hydrogen (secondary N) is 1. The standard InChI is InChI=1S/C13H28N2O/c1-4-13(11-14-5-2)16-10-8-12-7-6-9-15(12)3/h12-14H,4-11H2,1-3H3. The first kappa shape index (κ1) is 13.9. The molecule has 0 saturated carbocycles. The Hall–Kier alpha value is -0.120. The lowest BCUT2D eigenvalue weighted by molar-refractivity contribution is 0.0404. The molecule has 0 bridgehead atoms. The maximum atomic E-state index is 5.91. The van der Waals surface area contributed by atoms with Crippen LogP contribution in [0.4, 0.5) is 0 Å². The highest BCUT2D eigenvalue weighted by molar-refractivity contribution is 4.76. The normalized spacial score (nSPS) is 23.8. The highest BCUT2D eigenvalue weighted by atomic mass is 16.5. The van der Waals surface area contributed by atoms with Gasteiger partial charge in [0, 0.05) is 19.2 Å². The van der Waals surface area contributed by atoms with Gasteiger partial charge in [0.2, 0.25) is 0 Å². The van der Waals surface area contributed by atoms with Gasteiger partial charge in [-0.1, -0.05) is 13.8 Å². The molecule has 1 saturated heterocycles. The van der Waals surface area contributed by atoms with E-state index in [0.717, 1.165) is 32.2 Å². The van der Waals surface area contributed by atoms with Crippen LogP contribution in [0.25, 0.3) is 0 Å². The Morgan fingerprint density at radius 1 is 1.44 bits per heavy atom. The first-order chi connectivity index (χ1) is 7.77. The summed E-state index contributed by atoms with van der Waals surface area (Å²) < 4.78 is 5.91. The Labute approximate surface area is 101 Å². The Bertz CT molecular complexity index is 175. The molecule has 3 heteroatoms. The number of hydrogen-bond donors (Lipinski definition) is 1. The third-order valence-corrected chi connectivity index (χ3v) is 3.55. The molecule has 1 aliphatic heterocycles. The molecule has 0 aliphatic carbocycles. The van der Waals surface area contributed by atoms with Crippen LogP contribution in [0.15, 0.2) is 0 Å². The van der Waals surface area contributed by atoms with E-state index in [-0.39, 0.29) is 0 Å². The molecule has 0 aromatic rings. The lowest BCUT2D eigenvalue weighted by atomic mass is 10.1. The molecule has 2 atom stereocenters. The predicted molar refractivity (Wildman–Crippen MR) is 68.8 cm³/mol. The van der Waals surface area contributed by atoms with Crippen molar-refractivity contribution in [1.29, 1.82) is 0 Å². The van der Waals surface area contributed by atoms with Crippen molar-refractivity contribution in [3.05, 3.63) is 0 Å². The second-order valence-corrected chi connectivity index (χ2v) is 4.77. The van der Waals surface area contributed by atoms with E-state index >= 15 is 0 Å². The van der Waals surface area contributed by atoms with Gasteiger partial charge in [-0.05, 0) is 45.8 Å². The average molecular weight is 228 g/mol. The lowest BCUT2D eigenvalue weighted by Crippen LogP contribution is -2.31. The fraction of sp³-hybridized carbons (Fsp3) is 1.00. The van der Waals surface area contributed by atoms with Crippen LogP contribution in [0.2, 0.25) is 0 Å². The zero-order valence-electron chi connectivity index (χ0n) is 11.2. The molecule has 2 unspecified atom stereocenters. The Balaban J connectivity index is 2.08. The van der Waals surface area contributed by atoms with Crippen molar-refractivity contribution in [3.63, 3.8) is 0 Å². The molecule has 1 heterocycles. The van der Waals surface area contributed by atoms with Crippen LogP contribution in [0.1, 0.15) is 39.5 Å². The first-order valence-corrected chi connectivity index (χ1v) is 6.80. The zero-order chi connectivity index (χ0) is 11.8. The molecule has 1 N–H and O–H groups in total. The van der Waals surface area contributed by atoms with Crippen LogP contribution in [-0.2, 0) is 4.74 Å². The van der Waals surface area contributed by atoms with Crippen LogP contribution in [-0.4, -0.2) is 50.3 Å². The highest BCUT2D eigenvalue weighted by Gasteiger charge is 2.20. The summed E-state index contributed by atoms with van der Waals surface area (Å²) in [5.74, 6) is 0. The fourth-order valence-electron chi connectivity index (χ4n) is 2.34. The van der Waals surface area contributed by atoms with Crippen LogP contribution in [0.5, 0.6) is 0 Å². The summed E-state index contributed by atoms with van der Waals surface area (Å²) >= 11 is 0. The number of nitrogens with zero attached hydrogens (tertiary/aromatic N) is 1. The molecule has 0 aromatic heterocycles. The maximum absolute atomic E-state index is 5.91. The van der Waals surface area contributed by atoms with Gasteiger partial charge in [-0.3, -0.25) is 0 Å². The largest absolute Gasteiger partial charge is 0.377 e. The Kier molecular flexibility index (Phi) is 7.01. The summed E-state index contributed by atoms with van der Waals surface area (Å²) in [5.41, 5.74) is 0. The second-order valence-electron chi connectivity index (χ2n) is 4.77. The summed E-state index contributed by atoms with van der Waals surface area (Å²) in [6.45, 7) is 8.54. The van der Waals surface area contributed by atoms with Crippen LogP contribution < -0.4 is 5.32 Å². The number of rotatable bonds is 8. The molecule has 0 amide bonds. The molecule has 0 spiro atoms. The SMILES string of the molecule is CCNCC(CC)OCCC1CCCN1C. The van der Waals surface area contributed by atoms with E-state index in [4.69, 9.17) is 4.74 Å². The molecule has 96 valence electrons. The second kappa shape index (κ2) is 8.04. The zero-order valence-corrected chi connectivity index (χ0v) is 11.2. The first-order valence-electron chi connectivity index (χ1n) is 6.80. The Morgan fingerprint density at radius 2 is 2.25 bits per heavy atom. The van der Waals surface area contributed by atoms with E-state index in [1.165, 1.54) is 25.8 Å². The van der Waals surface area contributed by atoms with E-state index in [0.29, 0.717) is 6.10 Å². The molecule has 0 aromatic carbocycles. The molecule has 1 aliphatic rings. The monoisotopic (exact) mass is 228 g/mol. The van der Waals surface area contributed by atoms with Gasteiger partial charge in [-0.25, -0.2) is 0 Å². The minimum Gasteiger partial charge on any atom is -0.377 e. The molecule has 1 fully saturated rings. The van der Waals surface area contributed by atoms with Crippen LogP contribution in [0.3, 0.4) is 0 Å². The molecule has 0 radical (unpaired) electrons. The van der Waals surface area contributed by atoms with Crippen LogP contribution >= 0.6 is 0 Å². The summed E-state index contributed by atoms with van der Waals surface area (Å²) in [6.07, 6.45) is 5.40. The van der Waals surface area contributed by atoms with Gasteiger partial charge in [0.05, 0.1) is 6.10 Å². The molecule has 1 rings (SSSR count). The van der Waals surface area contributed by atoms with Gasteiger partial charge < -0.3 is 15.0 Å². The van der Waals surface area contributed by atoms with Gasteiger partial charge in [0.25, 0.3) is 0 Å². The summed E-state index contributed by atoms with van der Waals surface area (Å²) in [7, 11) is 2.23. The van der Waals surface area contributed by atoms with Crippen molar-refractivity contribution >= 4 is 0 Å². The van der Waals surface area contributed by atoms with Crippen molar-refractivity contribution in [1.82, 2.24) is 10.2 Å². The minimum atomic E-state index is 0.395. The van der Waals surface area contributed by atoms with Crippen molar-refractivity contribution in [2.45, 2.75) is 51.7 Å². The van der Waals surface area contributed by atoms with E-state index in [1.54, 1.807) is 0 Å². The van der Waals surface area contributed by atoms with Gasteiger partial charge in [-0.15, -0.1) is 0 Å². The van der Waals surface area contributed by atoms with Gasteiger partial charge in [0.15, 0.2) is 0 Å². The van der Waals surface area contributed by atoms with E-state index < -0.39 is 0 Å². The van der Waals surface area contributed by atoms with Crippen LogP contribution in [0, 0.1) is 0 Å². The third kappa shape index (κ3) is 4.81. The number of likely N-dealkylation sites (N-methyl/N-ethyl adjacent to an activating group) is 1. The molecule has 16 heavy (non-hydrogen) atoms. The van der Waals surface area contributed by atoms with Crippen molar-refractivity contribution < 1.29 is 4.74 Å². The summed E-state index contributed by atoms with van der Waals surface area (Å²) in [5, 5.41) is 3.35. The molecular weight excluding hydrogens is 200 g/mol. The van der Waals surface area contributed by atoms with Gasteiger partial charge in [-0.2, -0.15) is 0 Å². The van der Waals surface area contributed by atoms with Crippen molar-refractivity contribution in [3.8, 4) is 0 Å². The summed E-state index contributed by atoms with van der Waals surface area (Å²) in [6, 6.07) is 0.761. The van der Waals surface area contributed by atoms with Gasteiger partial charge in [0.1, 0.15) is 0 Å². The van der Waals surface area contributed by atoms with Crippen molar-refractivity contribution in [2.24, 2.45) is 0 Å². The molecule has 3 nitrogen and oxygen atoms in total. The predicted octanol–water partition coefficient (Wildman–Crippen LogP) is 1.88. The molecular formula is C13H28N2O. The third-order valence-electron chi connectivity index (χ3n) is 3.55. The number of likely N-dealkylation sites (tertiary alicyclic amines) is 1. The topological polar surface area (TPSA) is 24.5 Å². The quantitative estimate of drug-likeness (QED) is 0.686. The average Bonchev–Trinajstić information content (AvgIpc) is 2.69. The fourth-order valence-corrected chi connectivity index (χ4v) is 2.34. The highest BCUT2D eigenvalue weighted by Crippen LogP contribution is 2.17. The van der Waals surface area contributed by atoms with Crippen molar-refractivity contribution in [2.75, 3.05) is 33.3 Å². The van der Waals surface area contributed by atoms with E-state index in [2.05, 4.69) is 31.1 Å². The number of hydrogen-bond acceptors (Lipinski definition) is 3. The van der Waals surface area contributed by atoms with E-state index in [9.17, 15) is 0 Å². The lowest BCUT2D eigenvalue weighted by Gasteiger charge is -2.21. The minimum absolute atomic E-state index is 0.395. The maximum Gasteiger partial charge on any atom is 0.0696 e. The smallest absolute Gasteiger partial charge is 0.0696 e. The van der Waals surface area contributed by atoms with E-state index in [1.807, 2.05) is 0 Å². The number of ether oxygens (including phenoxy) is 1. The van der Waals surface area contributed by atoms with Gasteiger partial charge >= 0.3 is 0 Å².